The Morgan fingerprint density at radius 1 is 1.44 bits per heavy atom. The first kappa shape index (κ1) is 12.2. The molecular weight excluding hydrogens is 240 g/mol. The summed E-state index contributed by atoms with van der Waals surface area (Å²) in [6, 6.07) is 0. The van der Waals surface area contributed by atoms with Crippen LogP contribution in [0.1, 0.15) is 44.7 Å². The van der Waals surface area contributed by atoms with Gasteiger partial charge in [-0.1, -0.05) is 26.2 Å². The number of nitrogens with one attached hydrogen (secondary N) is 1. The highest BCUT2D eigenvalue weighted by molar-refractivity contribution is 7.13. The minimum Gasteiger partial charge on any atom is -0.355 e. The van der Waals surface area contributed by atoms with Crippen LogP contribution in [0.4, 0.5) is 5.13 Å². The molecule has 1 heterocycles. The fourth-order valence-electron chi connectivity index (χ4n) is 2.27. The van der Waals surface area contributed by atoms with Gasteiger partial charge in [0, 0.05) is 11.3 Å². The summed E-state index contributed by atoms with van der Waals surface area (Å²) in [5.74, 6) is 0.689. The molecule has 16 heavy (non-hydrogen) atoms. The fourth-order valence-corrected chi connectivity index (χ4v) is 3.52. The molecular formula is C12H19ClN2S. The van der Waals surface area contributed by atoms with Crippen molar-refractivity contribution in [3.63, 3.8) is 0 Å². The molecule has 0 spiro atoms. The first-order valence-corrected chi connectivity index (χ1v) is 7.48. The average Bonchev–Trinajstić information content (AvgIpc) is 2.78. The summed E-state index contributed by atoms with van der Waals surface area (Å²) in [7, 11) is 0. The number of halogens is 1. The van der Waals surface area contributed by atoms with Gasteiger partial charge in [-0.05, 0) is 19.3 Å². The van der Waals surface area contributed by atoms with Crippen molar-refractivity contribution in [1.82, 2.24) is 4.98 Å². The van der Waals surface area contributed by atoms with E-state index in [-0.39, 0.29) is 5.54 Å². The van der Waals surface area contributed by atoms with Crippen molar-refractivity contribution in [2.24, 2.45) is 0 Å². The molecule has 2 nitrogen and oxygen atoms in total. The molecule has 0 unspecified atom stereocenters. The molecule has 0 saturated heterocycles. The number of nitrogens with zero attached hydrogens (tertiary/aromatic N) is 1. The minimum absolute atomic E-state index is 0.0999. The van der Waals surface area contributed by atoms with Crippen molar-refractivity contribution in [3.05, 3.63) is 11.1 Å². The van der Waals surface area contributed by atoms with Crippen LogP contribution in [0.25, 0.3) is 0 Å². The van der Waals surface area contributed by atoms with Gasteiger partial charge in [0.25, 0.3) is 0 Å². The van der Waals surface area contributed by atoms with Crippen LogP contribution < -0.4 is 5.32 Å². The number of hydrogen-bond donors (Lipinski definition) is 1. The Labute approximate surface area is 106 Å². The predicted octanol–water partition coefficient (Wildman–Crippen LogP) is 4.06. The summed E-state index contributed by atoms with van der Waals surface area (Å²) in [5, 5.41) is 6.75. The molecule has 0 bridgehead atoms. The van der Waals surface area contributed by atoms with Gasteiger partial charge >= 0.3 is 0 Å². The molecule has 90 valence electrons. The van der Waals surface area contributed by atoms with Crippen LogP contribution >= 0.6 is 22.9 Å². The van der Waals surface area contributed by atoms with E-state index in [1.165, 1.54) is 37.8 Å². The summed E-state index contributed by atoms with van der Waals surface area (Å²) in [4.78, 5) is 4.56. The molecule has 0 amide bonds. The zero-order valence-corrected chi connectivity index (χ0v) is 11.3. The second-order valence-corrected chi connectivity index (χ2v) is 5.72. The summed E-state index contributed by atoms with van der Waals surface area (Å²) in [6.45, 7) is 2.14. The largest absolute Gasteiger partial charge is 0.355 e. The number of aryl methyl sites for hydroxylation is 1. The van der Waals surface area contributed by atoms with Gasteiger partial charge in [-0.25, -0.2) is 4.98 Å². The summed E-state index contributed by atoms with van der Waals surface area (Å²) < 4.78 is 0. The third-order valence-electron chi connectivity index (χ3n) is 3.35. The molecule has 1 aliphatic carbocycles. The number of alkyl halides is 1. The van der Waals surface area contributed by atoms with Crippen molar-refractivity contribution in [2.45, 2.75) is 51.0 Å². The molecule has 1 saturated carbocycles. The molecule has 2 rings (SSSR count). The van der Waals surface area contributed by atoms with Crippen molar-refractivity contribution in [3.8, 4) is 0 Å². The number of hydrogen-bond acceptors (Lipinski definition) is 3. The number of rotatable bonds is 4. The minimum atomic E-state index is 0.0999. The highest BCUT2D eigenvalue weighted by Crippen LogP contribution is 2.33. The normalized spacial score (nSPS) is 19.6. The maximum atomic E-state index is 6.14. The standard InChI is InChI=1S/C12H19ClN2S/c1-2-10-8-16-11(14-10)15-12(9-13)6-4-3-5-7-12/h8H,2-7,9H2,1H3,(H,14,15). The molecule has 1 fully saturated rings. The van der Waals surface area contributed by atoms with Gasteiger partial charge in [0.05, 0.1) is 11.2 Å². The number of anilines is 1. The predicted molar refractivity (Wildman–Crippen MR) is 71.7 cm³/mol. The Morgan fingerprint density at radius 2 is 2.19 bits per heavy atom. The second-order valence-electron chi connectivity index (χ2n) is 4.60. The van der Waals surface area contributed by atoms with Gasteiger partial charge < -0.3 is 5.32 Å². The van der Waals surface area contributed by atoms with Crippen LogP contribution in [0.15, 0.2) is 5.38 Å². The lowest BCUT2D eigenvalue weighted by Crippen LogP contribution is -2.42. The molecule has 0 aliphatic heterocycles. The van der Waals surface area contributed by atoms with Crippen LogP contribution in [0.5, 0.6) is 0 Å². The average molecular weight is 259 g/mol. The Morgan fingerprint density at radius 3 is 2.75 bits per heavy atom. The Hall–Kier alpha value is -0.280. The van der Waals surface area contributed by atoms with Gasteiger partial charge in [0.15, 0.2) is 5.13 Å². The Kier molecular flexibility index (Phi) is 4.09. The topological polar surface area (TPSA) is 24.9 Å². The van der Waals surface area contributed by atoms with Crippen molar-refractivity contribution in [1.29, 1.82) is 0 Å². The second kappa shape index (κ2) is 5.37. The van der Waals surface area contributed by atoms with Gasteiger partial charge in [0.1, 0.15) is 0 Å². The van der Waals surface area contributed by atoms with Crippen LogP contribution in [-0.4, -0.2) is 16.4 Å². The number of aromatic nitrogens is 1. The van der Waals surface area contributed by atoms with E-state index in [1.807, 2.05) is 0 Å². The third-order valence-corrected chi connectivity index (χ3v) is 4.67. The van der Waals surface area contributed by atoms with Crippen LogP contribution in [-0.2, 0) is 6.42 Å². The van der Waals surface area contributed by atoms with Crippen molar-refractivity contribution in [2.75, 3.05) is 11.2 Å². The summed E-state index contributed by atoms with van der Waals surface area (Å²) in [5.41, 5.74) is 1.27. The highest BCUT2D eigenvalue weighted by Gasteiger charge is 2.31. The van der Waals surface area contributed by atoms with Crippen LogP contribution in [0.2, 0.25) is 0 Å². The highest BCUT2D eigenvalue weighted by atomic mass is 35.5. The van der Waals surface area contributed by atoms with Crippen molar-refractivity contribution >= 4 is 28.1 Å². The molecule has 1 aliphatic rings. The lowest BCUT2D eigenvalue weighted by atomic mass is 9.83. The third kappa shape index (κ3) is 2.69. The van der Waals surface area contributed by atoms with E-state index in [4.69, 9.17) is 11.6 Å². The number of thiazole rings is 1. The van der Waals surface area contributed by atoms with E-state index in [0.717, 1.165) is 11.6 Å². The van der Waals surface area contributed by atoms with E-state index in [2.05, 4.69) is 22.6 Å². The molecule has 1 aromatic rings. The van der Waals surface area contributed by atoms with E-state index in [9.17, 15) is 0 Å². The maximum absolute atomic E-state index is 6.14. The zero-order chi connectivity index (χ0) is 11.4. The van der Waals surface area contributed by atoms with Gasteiger partial charge in [0.2, 0.25) is 0 Å². The van der Waals surface area contributed by atoms with Crippen LogP contribution in [0.3, 0.4) is 0 Å². The van der Waals surface area contributed by atoms with Gasteiger partial charge in [-0.3, -0.25) is 0 Å². The first-order valence-electron chi connectivity index (χ1n) is 6.06. The van der Waals surface area contributed by atoms with Crippen molar-refractivity contribution < 1.29 is 0 Å². The lowest BCUT2D eigenvalue weighted by molar-refractivity contribution is 0.353. The van der Waals surface area contributed by atoms with E-state index >= 15 is 0 Å². The van der Waals surface area contributed by atoms with Crippen LogP contribution in [0, 0.1) is 0 Å². The molecule has 1 aromatic heterocycles. The monoisotopic (exact) mass is 258 g/mol. The smallest absolute Gasteiger partial charge is 0.183 e. The van der Waals surface area contributed by atoms with Gasteiger partial charge in [-0.15, -0.1) is 22.9 Å². The summed E-state index contributed by atoms with van der Waals surface area (Å²) >= 11 is 7.84. The maximum Gasteiger partial charge on any atom is 0.183 e. The molecule has 1 N–H and O–H groups in total. The Balaban J connectivity index is 2.05. The summed E-state index contributed by atoms with van der Waals surface area (Å²) in [6.07, 6.45) is 7.27. The zero-order valence-electron chi connectivity index (χ0n) is 9.76. The molecule has 0 radical (unpaired) electrons. The quantitative estimate of drug-likeness (QED) is 0.824. The van der Waals surface area contributed by atoms with Gasteiger partial charge in [-0.2, -0.15) is 0 Å². The molecule has 4 heteroatoms. The van der Waals surface area contributed by atoms with E-state index < -0.39 is 0 Å². The fraction of sp³-hybridized carbons (Fsp3) is 0.750. The lowest BCUT2D eigenvalue weighted by Gasteiger charge is -2.36. The molecule has 0 atom stereocenters. The SMILES string of the molecule is CCc1csc(NC2(CCl)CCCCC2)n1. The van der Waals surface area contributed by atoms with E-state index in [1.54, 1.807) is 11.3 Å². The first-order chi connectivity index (χ1) is 7.78. The van der Waals surface area contributed by atoms with E-state index in [0.29, 0.717) is 5.88 Å². The molecule has 0 aromatic carbocycles. The Bertz CT molecular complexity index is 332.